The van der Waals surface area contributed by atoms with Crippen LogP contribution in [-0.4, -0.2) is 20.3 Å². The van der Waals surface area contributed by atoms with Gasteiger partial charge in [-0.05, 0) is 36.6 Å². The minimum Gasteiger partial charge on any atom is -0.501 e. The van der Waals surface area contributed by atoms with E-state index in [2.05, 4.69) is 24.8 Å². The number of hydrogen-bond acceptors (Lipinski definition) is 2. The van der Waals surface area contributed by atoms with E-state index in [1.807, 2.05) is 26.2 Å². The zero-order valence-corrected chi connectivity index (χ0v) is 11.5. The first-order valence-electron chi connectivity index (χ1n) is 6.18. The summed E-state index contributed by atoms with van der Waals surface area (Å²) in [6.45, 7) is 9.44. The lowest BCUT2D eigenvalue weighted by atomic mass is 10.0. The molecule has 1 aromatic rings. The van der Waals surface area contributed by atoms with Crippen molar-refractivity contribution in [2.24, 2.45) is 0 Å². The Balaban J connectivity index is 2.60. The second-order valence-corrected chi connectivity index (χ2v) is 4.38. The third kappa shape index (κ3) is 4.76. The maximum absolute atomic E-state index is 5.49. The predicted octanol–water partition coefficient (Wildman–Crippen LogP) is 4.13. The van der Waals surface area contributed by atoms with Crippen molar-refractivity contribution >= 4 is 11.1 Å². The summed E-state index contributed by atoms with van der Waals surface area (Å²) >= 11 is 0. The molecule has 0 aliphatic heterocycles. The normalized spacial score (nSPS) is 11.4. The average molecular weight is 246 g/mol. The van der Waals surface area contributed by atoms with E-state index in [0.29, 0.717) is 6.61 Å². The van der Waals surface area contributed by atoms with Crippen molar-refractivity contribution in [1.29, 1.82) is 0 Å². The van der Waals surface area contributed by atoms with Gasteiger partial charge in [-0.15, -0.1) is 0 Å². The first-order chi connectivity index (χ1) is 8.65. The Morgan fingerprint density at radius 1 is 1.22 bits per heavy atom. The molecule has 1 aromatic carbocycles. The second kappa shape index (κ2) is 7.72. The summed E-state index contributed by atoms with van der Waals surface area (Å²) in [5, 5.41) is 0. The molecule has 0 aromatic heterocycles. The monoisotopic (exact) mass is 246 g/mol. The van der Waals surface area contributed by atoms with Gasteiger partial charge in [-0.3, -0.25) is 0 Å². The standard InChI is InChI=1S/C16H22O2/c1-13(2)15-7-5-8-16(11-15)14(3)12-18-10-6-9-17-4/h5,7-8,11-12H,1,6,9-10H2,2-4H3/b14-12+. The summed E-state index contributed by atoms with van der Waals surface area (Å²) in [5.41, 5.74) is 4.53. The van der Waals surface area contributed by atoms with Crippen LogP contribution in [0.25, 0.3) is 11.1 Å². The lowest BCUT2D eigenvalue weighted by Gasteiger charge is -2.06. The van der Waals surface area contributed by atoms with Gasteiger partial charge < -0.3 is 9.47 Å². The van der Waals surface area contributed by atoms with Gasteiger partial charge in [-0.1, -0.05) is 30.4 Å². The van der Waals surface area contributed by atoms with E-state index < -0.39 is 0 Å². The van der Waals surface area contributed by atoms with Gasteiger partial charge in [0.15, 0.2) is 0 Å². The van der Waals surface area contributed by atoms with Crippen LogP contribution in [0.15, 0.2) is 37.1 Å². The molecule has 0 unspecified atom stereocenters. The third-order valence-corrected chi connectivity index (χ3v) is 2.68. The van der Waals surface area contributed by atoms with Crippen LogP contribution in [0.4, 0.5) is 0 Å². The predicted molar refractivity (Wildman–Crippen MR) is 77.2 cm³/mol. The molecule has 0 aliphatic rings. The van der Waals surface area contributed by atoms with E-state index in [-0.39, 0.29) is 0 Å². The fourth-order valence-corrected chi connectivity index (χ4v) is 1.57. The molecular formula is C16H22O2. The van der Waals surface area contributed by atoms with Crippen LogP contribution in [-0.2, 0) is 9.47 Å². The molecule has 0 fully saturated rings. The molecule has 0 heterocycles. The van der Waals surface area contributed by atoms with Gasteiger partial charge >= 0.3 is 0 Å². The number of hydrogen-bond donors (Lipinski definition) is 0. The van der Waals surface area contributed by atoms with Gasteiger partial charge in [0.2, 0.25) is 0 Å². The van der Waals surface area contributed by atoms with Crippen molar-refractivity contribution in [3.05, 3.63) is 48.2 Å². The Morgan fingerprint density at radius 3 is 2.61 bits per heavy atom. The molecule has 0 radical (unpaired) electrons. The van der Waals surface area contributed by atoms with Crippen molar-refractivity contribution in [3.8, 4) is 0 Å². The molecule has 0 N–H and O–H groups in total. The summed E-state index contributed by atoms with van der Waals surface area (Å²) in [7, 11) is 1.70. The molecule has 0 bridgehead atoms. The van der Waals surface area contributed by atoms with Crippen LogP contribution >= 0.6 is 0 Å². The zero-order valence-electron chi connectivity index (χ0n) is 11.5. The first kappa shape index (κ1) is 14.5. The minimum absolute atomic E-state index is 0.686. The third-order valence-electron chi connectivity index (χ3n) is 2.68. The Labute approximate surface area is 110 Å². The van der Waals surface area contributed by atoms with Crippen LogP contribution in [0.5, 0.6) is 0 Å². The largest absolute Gasteiger partial charge is 0.501 e. The number of benzene rings is 1. The van der Waals surface area contributed by atoms with Gasteiger partial charge in [-0.25, -0.2) is 0 Å². The lowest BCUT2D eigenvalue weighted by Crippen LogP contribution is -1.95. The molecular weight excluding hydrogens is 224 g/mol. The van der Waals surface area contributed by atoms with Crippen LogP contribution in [0, 0.1) is 0 Å². The minimum atomic E-state index is 0.686. The van der Waals surface area contributed by atoms with Gasteiger partial charge in [0, 0.05) is 20.1 Å². The fraction of sp³-hybridized carbons (Fsp3) is 0.375. The quantitative estimate of drug-likeness (QED) is 0.532. The molecule has 98 valence electrons. The Morgan fingerprint density at radius 2 is 1.94 bits per heavy atom. The molecule has 0 saturated heterocycles. The number of ether oxygens (including phenoxy) is 2. The van der Waals surface area contributed by atoms with Crippen LogP contribution in [0.2, 0.25) is 0 Å². The maximum atomic E-state index is 5.49. The Kier molecular flexibility index (Phi) is 6.23. The van der Waals surface area contributed by atoms with E-state index in [4.69, 9.17) is 9.47 Å². The lowest BCUT2D eigenvalue weighted by molar-refractivity contribution is 0.157. The molecule has 0 amide bonds. The summed E-state index contributed by atoms with van der Waals surface area (Å²) in [4.78, 5) is 0. The van der Waals surface area contributed by atoms with E-state index in [1.165, 1.54) is 11.1 Å². The van der Waals surface area contributed by atoms with Crippen molar-refractivity contribution in [2.75, 3.05) is 20.3 Å². The number of rotatable bonds is 7. The molecule has 0 atom stereocenters. The van der Waals surface area contributed by atoms with E-state index >= 15 is 0 Å². The topological polar surface area (TPSA) is 18.5 Å². The van der Waals surface area contributed by atoms with Gasteiger partial charge in [0.25, 0.3) is 0 Å². The molecule has 0 aliphatic carbocycles. The smallest absolute Gasteiger partial charge is 0.0895 e. The maximum Gasteiger partial charge on any atom is 0.0895 e. The SMILES string of the molecule is C=C(C)c1cccc(/C(C)=C/OCCCOC)c1. The Hall–Kier alpha value is -1.54. The molecule has 2 nitrogen and oxygen atoms in total. The average Bonchev–Trinajstić information content (AvgIpc) is 2.38. The van der Waals surface area contributed by atoms with E-state index in [9.17, 15) is 0 Å². The summed E-state index contributed by atoms with van der Waals surface area (Å²) in [5.74, 6) is 0. The zero-order chi connectivity index (χ0) is 13.4. The van der Waals surface area contributed by atoms with Crippen LogP contribution in [0.1, 0.15) is 31.4 Å². The number of allylic oxidation sites excluding steroid dienone is 2. The Bertz CT molecular complexity index is 419. The van der Waals surface area contributed by atoms with Crippen molar-refractivity contribution in [2.45, 2.75) is 20.3 Å². The highest BCUT2D eigenvalue weighted by molar-refractivity contribution is 5.69. The van der Waals surface area contributed by atoms with E-state index in [0.717, 1.165) is 24.2 Å². The molecule has 18 heavy (non-hydrogen) atoms. The number of methoxy groups -OCH3 is 1. The molecule has 1 rings (SSSR count). The summed E-state index contributed by atoms with van der Waals surface area (Å²) in [6, 6.07) is 8.32. The highest BCUT2D eigenvalue weighted by Gasteiger charge is 1.99. The van der Waals surface area contributed by atoms with Crippen molar-refractivity contribution < 1.29 is 9.47 Å². The molecule has 0 spiro atoms. The van der Waals surface area contributed by atoms with E-state index in [1.54, 1.807) is 7.11 Å². The van der Waals surface area contributed by atoms with Gasteiger partial charge in [0.1, 0.15) is 0 Å². The van der Waals surface area contributed by atoms with Crippen LogP contribution in [0.3, 0.4) is 0 Å². The van der Waals surface area contributed by atoms with Crippen molar-refractivity contribution in [1.82, 2.24) is 0 Å². The highest BCUT2D eigenvalue weighted by Crippen LogP contribution is 2.19. The highest BCUT2D eigenvalue weighted by atomic mass is 16.5. The van der Waals surface area contributed by atoms with Gasteiger partial charge in [-0.2, -0.15) is 0 Å². The summed E-state index contributed by atoms with van der Waals surface area (Å²) < 4.78 is 10.5. The van der Waals surface area contributed by atoms with Crippen LogP contribution < -0.4 is 0 Å². The summed E-state index contributed by atoms with van der Waals surface area (Å²) in [6.07, 6.45) is 2.72. The fourth-order valence-electron chi connectivity index (χ4n) is 1.57. The van der Waals surface area contributed by atoms with Gasteiger partial charge in [0.05, 0.1) is 12.9 Å². The second-order valence-electron chi connectivity index (χ2n) is 4.38. The molecule has 2 heteroatoms. The molecule has 0 saturated carbocycles. The first-order valence-corrected chi connectivity index (χ1v) is 6.18. The van der Waals surface area contributed by atoms with Crippen molar-refractivity contribution in [3.63, 3.8) is 0 Å².